The minimum atomic E-state index is -3.71. The van der Waals surface area contributed by atoms with Gasteiger partial charge in [0.15, 0.2) is 0 Å². The molecule has 2 aromatic rings. The number of aryl methyl sites for hydroxylation is 1. The molecule has 0 aliphatic rings. The fraction of sp³-hybridized carbons (Fsp3) is 0.444. The van der Waals surface area contributed by atoms with Crippen molar-refractivity contribution >= 4 is 10.0 Å². The summed E-state index contributed by atoms with van der Waals surface area (Å²) in [5, 5.41) is 22.7. The van der Waals surface area contributed by atoms with Crippen LogP contribution in [0, 0.1) is 6.92 Å². The maximum absolute atomic E-state index is 12.1. The number of aliphatic hydroxyl groups is 1. The van der Waals surface area contributed by atoms with E-state index in [9.17, 15) is 8.42 Å². The van der Waals surface area contributed by atoms with Gasteiger partial charge in [-0.2, -0.15) is 5.10 Å². The van der Waals surface area contributed by atoms with E-state index in [-0.39, 0.29) is 17.1 Å². The van der Waals surface area contributed by atoms with E-state index in [4.69, 9.17) is 5.11 Å². The Morgan fingerprint density at radius 1 is 1.53 bits per heavy atom. The number of aromatic nitrogens is 5. The largest absolute Gasteiger partial charge is 0.390 e. The Kier molecular flexibility index (Phi) is 3.93. The van der Waals surface area contributed by atoms with Crippen molar-refractivity contribution in [1.82, 2.24) is 29.9 Å². The molecule has 0 atom stereocenters. The van der Waals surface area contributed by atoms with Gasteiger partial charge in [-0.05, 0) is 6.92 Å². The van der Waals surface area contributed by atoms with Gasteiger partial charge in [0.1, 0.15) is 10.6 Å². The molecule has 0 spiro atoms. The van der Waals surface area contributed by atoms with Crippen molar-refractivity contribution < 1.29 is 13.5 Å². The predicted molar refractivity (Wildman–Crippen MR) is 64.5 cm³/mol. The minimum Gasteiger partial charge on any atom is -0.390 e. The van der Waals surface area contributed by atoms with Gasteiger partial charge >= 0.3 is 0 Å². The number of aliphatic hydroxyl groups excluding tert-OH is 1. The summed E-state index contributed by atoms with van der Waals surface area (Å²) >= 11 is 0. The summed E-state index contributed by atoms with van der Waals surface area (Å²) in [7, 11) is -3.71. The zero-order valence-electron chi connectivity index (χ0n) is 10.2. The molecule has 2 heterocycles. The Balaban J connectivity index is 2.07. The summed E-state index contributed by atoms with van der Waals surface area (Å²) in [6.45, 7) is 1.67. The van der Waals surface area contributed by atoms with E-state index in [1.54, 1.807) is 13.1 Å². The molecule has 10 heteroatoms. The smallest absolute Gasteiger partial charge is 0.244 e. The zero-order chi connectivity index (χ0) is 13.9. The first-order chi connectivity index (χ1) is 9.04. The van der Waals surface area contributed by atoms with E-state index in [2.05, 4.69) is 25.2 Å². The molecule has 0 saturated carbocycles. The van der Waals surface area contributed by atoms with Crippen molar-refractivity contribution in [3.8, 4) is 0 Å². The van der Waals surface area contributed by atoms with Gasteiger partial charge in [-0.15, -0.1) is 5.10 Å². The average Bonchev–Trinajstić information content (AvgIpc) is 2.98. The lowest BCUT2D eigenvalue weighted by atomic mass is 10.4. The second kappa shape index (κ2) is 5.47. The van der Waals surface area contributed by atoms with Crippen molar-refractivity contribution in [1.29, 1.82) is 0 Å². The van der Waals surface area contributed by atoms with Crippen molar-refractivity contribution in [3.63, 3.8) is 0 Å². The Bertz CT molecular complexity index is 633. The van der Waals surface area contributed by atoms with Gasteiger partial charge in [0.25, 0.3) is 0 Å². The molecule has 0 fully saturated rings. The number of sulfonamides is 1. The van der Waals surface area contributed by atoms with Crippen LogP contribution in [0.1, 0.15) is 11.4 Å². The number of nitrogens with zero attached hydrogens (tertiary/aromatic N) is 4. The van der Waals surface area contributed by atoms with Crippen LogP contribution in [0.25, 0.3) is 0 Å². The molecule has 0 radical (unpaired) electrons. The maximum atomic E-state index is 12.1. The Labute approximate surface area is 109 Å². The molecule has 19 heavy (non-hydrogen) atoms. The third kappa shape index (κ3) is 2.97. The molecule has 2 aromatic heterocycles. The van der Waals surface area contributed by atoms with Gasteiger partial charge in [0, 0.05) is 12.7 Å². The highest BCUT2D eigenvalue weighted by Crippen LogP contribution is 2.16. The normalized spacial score (nSPS) is 11.9. The molecule has 0 amide bonds. The second-order valence-electron chi connectivity index (χ2n) is 3.85. The van der Waals surface area contributed by atoms with E-state index in [0.717, 1.165) is 0 Å². The lowest BCUT2D eigenvalue weighted by Gasteiger charge is -2.07. The first-order valence-electron chi connectivity index (χ1n) is 5.53. The minimum absolute atomic E-state index is 0.00593. The van der Waals surface area contributed by atoms with Gasteiger partial charge in [-0.1, -0.05) is 5.21 Å². The quantitative estimate of drug-likeness (QED) is 0.611. The van der Waals surface area contributed by atoms with E-state index in [1.807, 2.05) is 0 Å². The number of hydrogen-bond acceptors (Lipinski definition) is 6. The zero-order valence-corrected chi connectivity index (χ0v) is 11.1. The van der Waals surface area contributed by atoms with Crippen LogP contribution in [0.2, 0.25) is 0 Å². The monoisotopic (exact) mass is 286 g/mol. The topological polar surface area (TPSA) is 126 Å². The SMILES string of the molecule is Cc1[nH]nc(CO)c1S(=O)(=O)NCCn1ccnn1. The van der Waals surface area contributed by atoms with E-state index in [1.165, 1.54) is 10.9 Å². The highest BCUT2D eigenvalue weighted by Gasteiger charge is 2.23. The molecule has 0 aliphatic heterocycles. The fourth-order valence-corrected chi connectivity index (χ4v) is 3.03. The van der Waals surface area contributed by atoms with Gasteiger partial charge in [-0.3, -0.25) is 9.78 Å². The maximum Gasteiger partial charge on any atom is 0.244 e. The van der Waals surface area contributed by atoms with Gasteiger partial charge < -0.3 is 5.11 Å². The van der Waals surface area contributed by atoms with Crippen molar-refractivity contribution in [2.75, 3.05) is 6.54 Å². The first-order valence-corrected chi connectivity index (χ1v) is 7.01. The molecular formula is C9H14N6O3S. The molecule has 9 nitrogen and oxygen atoms in total. The van der Waals surface area contributed by atoms with Crippen LogP contribution in [-0.2, 0) is 23.2 Å². The molecule has 3 N–H and O–H groups in total. The number of rotatable bonds is 6. The number of aromatic amines is 1. The standard InChI is InChI=1S/C9H14N6O3S/c1-7-9(8(6-16)13-12-7)19(17,18)11-3-5-15-4-2-10-14-15/h2,4,11,16H,3,5-6H2,1H3,(H,12,13). The molecule has 2 rings (SSSR count). The summed E-state index contributed by atoms with van der Waals surface area (Å²) in [6.07, 6.45) is 3.15. The van der Waals surface area contributed by atoms with Crippen LogP contribution in [0.5, 0.6) is 0 Å². The van der Waals surface area contributed by atoms with Crippen LogP contribution in [0.3, 0.4) is 0 Å². The van der Waals surface area contributed by atoms with Crippen molar-refractivity contribution in [2.45, 2.75) is 25.0 Å². The summed E-state index contributed by atoms with van der Waals surface area (Å²) in [5.41, 5.74) is 0.489. The van der Waals surface area contributed by atoms with Crippen molar-refractivity contribution in [3.05, 3.63) is 23.8 Å². The second-order valence-corrected chi connectivity index (χ2v) is 5.55. The molecule has 0 bridgehead atoms. The first kappa shape index (κ1) is 13.6. The molecular weight excluding hydrogens is 272 g/mol. The lowest BCUT2D eigenvalue weighted by molar-refractivity contribution is 0.273. The Morgan fingerprint density at radius 2 is 2.32 bits per heavy atom. The Hall–Kier alpha value is -1.78. The van der Waals surface area contributed by atoms with Crippen LogP contribution in [0.4, 0.5) is 0 Å². The average molecular weight is 286 g/mol. The van der Waals surface area contributed by atoms with Crippen LogP contribution in [0.15, 0.2) is 17.3 Å². The summed E-state index contributed by atoms with van der Waals surface area (Å²) < 4.78 is 28.1. The molecule has 0 aliphatic carbocycles. The summed E-state index contributed by atoms with van der Waals surface area (Å²) in [5.74, 6) is 0. The summed E-state index contributed by atoms with van der Waals surface area (Å²) in [6, 6.07) is 0. The summed E-state index contributed by atoms with van der Waals surface area (Å²) in [4.78, 5) is -0.00593. The molecule has 0 saturated heterocycles. The van der Waals surface area contributed by atoms with Crippen molar-refractivity contribution in [2.24, 2.45) is 0 Å². The number of nitrogens with one attached hydrogen (secondary N) is 2. The molecule has 104 valence electrons. The van der Waals surface area contributed by atoms with Crippen LogP contribution >= 0.6 is 0 Å². The highest BCUT2D eigenvalue weighted by molar-refractivity contribution is 7.89. The molecule has 0 unspecified atom stereocenters. The van der Waals surface area contributed by atoms with Gasteiger partial charge in [0.05, 0.1) is 25.0 Å². The van der Waals surface area contributed by atoms with Gasteiger partial charge in [-0.25, -0.2) is 13.1 Å². The van der Waals surface area contributed by atoms with E-state index >= 15 is 0 Å². The Morgan fingerprint density at radius 3 is 2.95 bits per heavy atom. The third-order valence-electron chi connectivity index (χ3n) is 2.48. The van der Waals surface area contributed by atoms with Crippen LogP contribution in [-0.4, -0.2) is 45.3 Å². The molecule has 0 aromatic carbocycles. The lowest BCUT2D eigenvalue weighted by Crippen LogP contribution is -2.28. The number of H-pyrrole nitrogens is 1. The highest BCUT2D eigenvalue weighted by atomic mass is 32.2. The van der Waals surface area contributed by atoms with Crippen LogP contribution < -0.4 is 4.72 Å². The fourth-order valence-electron chi connectivity index (χ4n) is 1.65. The van der Waals surface area contributed by atoms with E-state index in [0.29, 0.717) is 12.2 Å². The number of hydrogen-bond donors (Lipinski definition) is 3. The van der Waals surface area contributed by atoms with Gasteiger partial charge in [0.2, 0.25) is 10.0 Å². The van der Waals surface area contributed by atoms with E-state index < -0.39 is 16.6 Å². The third-order valence-corrected chi connectivity index (χ3v) is 4.15. The predicted octanol–water partition coefficient (Wildman–Crippen LogP) is -1.22.